The summed E-state index contributed by atoms with van der Waals surface area (Å²) in [6.07, 6.45) is 21.6. The van der Waals surface area contributed by atoms with Gasteiger partial charge in [-0.2, -0.15) is 0 Å². The van der Waals surface area contributed by atoms with Crippen LogP contribution in [0.4, 0.5) is 0 Å². The molecule has 0 aromatic rings. The number of nitrogens with one attached hydrogen (secondary N) is 1. The number of amides is 1. The number of ether oxygens (including phenoxy) is 3. The molecule has 1 fully saturated rings. The molecule has 0 spiro atoms. The molecule has 1 N–H and O–H groups in total. The number of esters is 3. The maximum absolute atomic E-state index is 13.1. The molecule has 0 bridgehead atoms. The lowest BCUT2D eigenvalue weighted by Gasteiger charge is -2.26. The van der Waals surface area contributed by atoms with E-state index in [1.165, 1.54) is 64.9 Å². The van der Waals surface area contributed by atoms with E-state index >= 15 is 0 Å². The minimum Gasteiger partial charge on any atom is -0.756 e. The smallest absolute Gasteiger partial charge is 0.309 e. The molecule has 0 aromatic carbocycles. The molecule has 1 aliphatic carbocycles. The molecule has 12 nitrogen and oxygen atoms in total. The molecule has 49 heavy (non-hydrogen) atoms. The summed E-state index contributed by atoms with van der Waals surface area (Å²) in [5, 5.41) is 2.44. The van der Waals surface area contributed by atoms with Crippen LogP contribution < -0.4 is 10.2 Å². The molecular formula is C36H65NO11P-. The molecule has 0 radical (unpaired) electrons. The summed E-state index contributed by atoms with van der Waals surface area (Å²) in [5.74, 6) is -2.12. The first kappa shape index (κ1) is 45.0. The summed E-state index contributed by atoms with van der Waals surface area (Å²) in [7, 11) is -3.62. The van der Waals surface area contributed by atoms with E-state index in [9.17, 15) is 28.6 Å². The summed E-state index contributed by atoms with van der Waals surface area (Å²) in [4.78, 5) is 61.2. The highest BCUT2D eigenvalue weighted by Gasteiger charge is 2.24. The lowest BCUT2D eigenvalue weighted by molar-refractivity contribution is -0.228. The Hall–Kier alpha value is -2.01. The summed E-state index contributed by atoms with van der Waals surface area (Å²) < 4.78 is 37.9. The summed E-state index contributed by atoms with van der Waals surface area (Å²) >= 11 is 0. The Morgan fingerprint density at radius 2 is 1.27 bits per heavy atom. The average molecular weight is 719 g/mol. The van der Waals surface area contributed by atoms with E-state index in [-0.39, 0.29) is 44.3 Å². The Labute approximate surface area is 295 Å². The van der Waals surface area contributed by atoms with Crippen LogP contribution in [0.1, 0.15) is 161 Å². The Kier molecular flexibility index (Phi) is 27.3. The molecule has 1 saturated carbocycles. The van der Waals surface area contributed by atoms with Crippen LogP contribution >= 0.6 is 7.82 Å². The van der Waals surface area contributed by atoms with Crippen molar-refractivity contribution >= 4 is 31.6 Å². The van der Waals surface area contributed by atoms with E-state index < -0.39 is 45.0 Å². The second kappa shape index (κ2) is 29.7. The van der Waals surface area contributed by atoms with Gasteiger partial charge in [-0.1, -0.05) is 122 Å². The summed E-state index contributed by atoms with van der Waals surface area (Å²) in [6, 6.07) is 0. The fraction of sp³-hybridized carbons (Fsp3) is 0.889. The van der Waals surface area contributed by atoms with Gasteiger partial charge in [0.2, 0.25) is 5.91 Å². The Bertz CT molecular complexity index is 936. The van der Waals surface area contributed by atoms with Gasteiger partial charge in [0, 0.05) is 19.4 Å². The molecule has 13 heteroatoms. The first-order chi connectivity index (χ1) is 23.7. The van der Waals surface area contributed by atoms with Crippen molar-refractivity contribution in [2.24, 2.45) is 5.92 Å². The van der Waals surface area contributed by atoms with Crippen LogP contribution in [0.25, 0.3) is 0 Å². The van der Waals surface area contributed by atoms with Gasteiger partial charge in [0.25, 0.3) is 7.82 Å². The van der Waals surface area contributed by atoms with Crippen LogP contribution in [0.2, 0.25) is 0 Å². The van der Waals surface area contributed by atoms with Gasteiger partial charge >= 0.3 is 17.9 Å². The van der Waals surface area contributed by atoms with E-state index in [0.29, 0.717) is 6.42 Å². The number of rotatable bonds is 25. The SMILES string of the molecule is CCCCCCCCCCCCC(=O)OC(COC(=O)C1CCCCCCCCCCC1)COP(=O)([O-])OCCNC(=O)CCC(=O)OC. The standard InChI is InChI=1S/C36H66NO11P/c1-3-4-5-6-7-8-12-15-18-21-24-35(40)48-32(29-45-36(41)31-22-19-16-13-10-9-11-14-17-20-23-31)30-47-49(42,43)46-28-27-37-33(38)25-26-34(39)44-2/h31-32H,3-30H2,1-2H3,(H,37,38)(H,42,43)/p-1. The lowest BCUT2D eigenvalue weighted by atomic mass is 9.93. The molecular weight excluding hydrogens is 653 g/mol. The Morgan fingerprint density at radius 3 is 1.84 bits per heavy atom. The van der Waals surface area contributed by atoms with Crippen LogP contribution in [0, 0.1) is 5.92 Å². The summed E-state index contributed by atoms with van der Waals surface area (Å²) in [5.41, 5.74) is 0. The van der Waals surface area contributed by atoms with Gasteiger partial charge in [0.05, 0.1) is 32.7 Å². The zero-order valence-electron chi connectivity index (χ0n) is 30.4. The normalized spacial score (nSPS) is 16.7. The fourth-order valence-corrected chi connectivity index (χ4v) is 6.51. The van der Waals surface area contributed by atoms with Crippen LogP contribution in [0.3, 0.4) is 0 Å². The quantitative estimate of drug-likeness (QED) is 0.0437. The highest BCUT2D eigenvalue weighted by Crippen LogP contribution is 2.38. The Balaban J connectivity index is 2.60. The van der Waals surface area contributed by atoms with E-state index in [0.717, 1.165) is 70.6 Å². The van der Waals surface area contributed by atoms with Gasteiger partial charge in [0.1, 0.15) is 6.61 Å². The second-order valence-electron chi connectivity index (χ2n) is 13.1. The summed E-state index contributed by atoms with van der Waals surface area (Å²) in [6.45, 7) is 0.776. The number of hydrogen-bond acceptors (Lipinski definition) is 11. The average Bonchev–Trinajstić information content (AvgIpc) is 3.07. The number of methoxy groups -OCH3 is 1. The predicted molar refractivity (Wildman–Crippen MR) is 185 cm³/mol. The predicted octanol–water partition coefficient (Wildman–Crippen LogP) is 7.24. The van der Waals surface area contributed by atoms with Crippen LogP contribution in [0.5, 0.6) is 0 Å². The van der Waals surface area contributed by atoms with Crippen molar-refractivity contribution in [2.75, 3.05) is 33.5 Å². The van der Waals surface area contributed by atoms with Gasteiger partial charge in [0.15, 0.2) is 6.10 Å². The van der Waals surface area contributed by atoms with Crippen molar-refractivity contribution in [1.29, 1.82) is 0 Å². The van der Waals surface area contributed by atoms with Crippen molar-refractivity contribution in [3.05, 3.63) is 0 Å². The number of carbonyl (C=O) groups excluding carboxylic acids is 4. The van der Waals surface area contributed by atoms with Crippen molar-refractivity contribution in [1.82, 2.24) is 5.32 Å². The van der Waals surface area contributed by atoms with Crippen LogP contribution in [0.15, 0.2) is 0 Å². The highest BCUT2D eigenvalue weighted by atomic mass is 31.2. The first-order valence-corrected chi connectivity index (χ1v) is 20.4. The van der Waals surface area contributed by atoms with Gasteiger partial charge in [-0.15, -0.1) is 0 Å². The van der Waals surface area contributed by atoms with Crippen molar-refractivity contribution in [3.63, 3.8) is 0 Å². The van der Waals surface area contributed by atoms with E-state index in [2.05, 4.69) is 17.0 Å². The number of phosphoric acid groups is 1. The molecule has 286 valence electrons. The molecule has 0 saturated heterocycles. The second-order valence-corrected chi connectivity index (χ2v) is 14.5. The monoisotopic (exact) mass is 718 g/mol. The molecule has 2 atom stereocenters. The van der Waals surface area contributed by atoms with E-state index in [1.54, 1.807) is 0 Å². The number of hydrogen-bond donors (Lipinski definition) is 1. The van der Waals surface area contributed by atoms with Crippen LogP contribution in [-0.2, 0) is 47.0 Å². The third kappa shape index (κ3) is 26.5. The highest BCUT2D eigenvalue weighted by molar-refractivity contribution is 7.45. The molecule has 1 rings (SSSR count). The zero-order chi connectivity index (χ0) is 36.0. The van der Waals surface area contributed by atoms with Gasteiger partial charge in [-0.3, -0.25) is 23.7 Å². The minimum absolute atomic E-state index is 0.100. The fourth-order valence-electron chi connectivity index (χ4n) is 5.78. The molecule has 1 aliphatic rings. The largest absolute Gasteiger partial charge is 0.756 e. The number of unbranched alkanes of at least 4 members (excludes halogenated alkanes) is 9. The Morgan fingerprint density at radius 1 is 0.714 bits per heavy atom. The molecule has 1 amide bonds. The van der Waals surface area contributed by atoms with Gasteiger partial charge in [-0.25, -0.2) is 0 Å². The van der Waals surface area contributed by atoms with Gasteiger partial charge in [-0.05, 0) is 19.3 Å². The maximum Gasteiger partial charge on any atom is 0.309 e. The minimum atomic E-state index is -4.84. The molecule has 2 unspecified atom stereocenters. The maximum atomic E-state index is 13.1. The zero-order valence-corrected chi connectivity index (χ0v) is 31.3. The third-order valence-electron chi connectivity index (χ3n) is 8.76. The molecule has 0 heterocycles. The van der Waals surface area contributed by atoms with Crippen molar-refractivity contribution in [2.45, 2.75) is 167 Å². The van der Waals surface area contributed by atoms with Crippen molar-refractivity contribution in [3.8, 4) is 0 Å². The van der Waals surface area contributed by atoms with E-state index in [1.807, 2.05) is 0 Å². The number of carbonyl (C=O) groups is 4. The third-order valence-corrected chi connectivity index (χ3v) is 9.72. The molecule has 0 aromatic heterocycles. The molecule has 0 aliphatic heterocycles. The lowest BCUT2D eigenvalue weighted by Crippen LogP contribution is -2.32. The van der Waals surface area contributed by atoms with E-state index in [4.69, 9.17) is 18.5 Å². The van der Waals surface area contributed by atoms with Gasteiger partial charge < -0.3 is 33.5 Å². The van der Waals surface area contributed by atoms with Crippen LogP contribution in [-0.4, -0.2) is 63.4 Å². The number of phosphoric ester groups is 1. The first-order valence-electron chi connectivity index (χ1n) is 19.0. The topological polar surface area (TPSA) is 167 Å². The van der Waals surface area contributed by atoms with Crippen molar-refractivity contribution < 1.29 is 51.9 Å².